The van der Waals surface area contributed by atoms with E-state index >= 15 is 0 Å². The van der Waals surface area contributed by atoms with Gasteiger partial charge in [0.25, 0.3) is 0 Å². The largest absolute Gasteiger partial charge is 0.488 e. The number of imidazole rings is 1. The van der Waals surface area contributed by atoms with Crippen molar-refractivity contribution in [2.75, 3.05) is 20.3 Å². The fourth-order valence-corrected chi connectivity index (χ4v) is 5.98. The van der Waals surface area contributed by atoms with Crippen LogP contribution < -0.4 is 10.2 Å². The molecule has 1 fully saturated rings. The lowest BCUT2D eigenvalue weighted by molar-refractivity contribution is -0.0893. The summed E-state index contributed by atoms with van der Waals surface area (Å²) in [6, 6.07) is 14.3. The molecule has 1 radical (unpaired) electrons. The smallest absolute Gasteiger partial charge is 0.410 e. The quantitative estimate of drug-likeness (QED) is 0.246. The van der Waals surface area contributed by atoms with Gasteiger partial charge in [0.1, 0.15) is 23.8 Å². The van der Waals surface area contributed by atoms with Gasteiger partial charge in [0.2, 0.25) is 0 Å². The van der Waals surface area contributed by atoms with Crippen molar-refractivity contribution in [3.63, 3.8) is 0 Å². The maximum absolute atomic E-state index is 13.2. The zero-order chi connectivity index (χ0) is 32.3. The van der Waals surface area contributed by atoms with E-state index in [1.165, 1.54) is 0 Å². The van der Waals surface area contributed by atoms with Gasteiger partial charge in [-0.3, -0.25) is 4.90 Å². The molecular formula is C35H43BN3O6. The molecule has 2 aliphatic heterocycles. The number of carbonyl (C=O) groups is 1. The fourth-order valence-electron chi connectivity index (χ4n) is 5.98. The summed E-state index contributed by atoms with van der Waals surface area (Å²) in [6.07, 6.45) is 0.394. The number of carbonyl (C=O) groups excluding carboxylic acids is 1. The van der Waals surface area contributed by atoms with Crippen LogP contribution in [0.25, 0.3) is 32.9 Å². The van der Waals surface area contributed by atoms with Crippen LogP contribution in [-0.4, -0.2) is 70.6 Å². The van der Waals surface area contributed by atoms with Crippen LogP contribution in [0.5, 0.6) is 5.75 Å². The molecule has 1 amide bonds. The third-order valence-corrected chi connectivity index (χ3v) is 9.09. The maximum atomic E-state index is 13.2. The second-order valence-corrected chi connectivity index (χ2v) is 14.4. The number of nitrogens with one attached hydrogen (secondary N) is 1. The van der Waals surface area contributed by atoms with Crippen molar-refractivity contribution in [2.24, 2.45) is 5.92 Å². The van der Waals surface area contributed by atoms with Gasteiger partial charge >= 0.3 is 13.6 Å². The highest BCUT2D eigenvalue weighted by atomic mass is 16.6. The van der Waals surface area contributed by atoms with Crippen LogP contribution in [0, 0.1) is 5.92 Å². The molecule has 3 heterocycles. The predicted molar refractivity (Wildman–Crippen MR) is 176 cm³/mol. The molecule has 0 aliphatic carbocycles. The number of fused-ring (bicyclic) bond motifs is 6. The average molecular weight is 613 g/mol. The first-order valence-electron chi connectivity index (χ1n) is 15.6. The third kappa shape index (κ3) is 6.15. The Morgan fingerprint density at radius 2 is 1.87 bits per heavy atom. The first-order chi connectivity index (χ1) is 21.1. The van der Waals surface area contributed by atoms with Gasteiger partial charge in [0.15, 0.2) is 0 Å². The van der Waals surface area contributed by atoms with Crippen LogP contribution in [0.4, 0.5) is 4.79 Å². The normalized spacial score (nSPS) is 18.6. The molecule has 237 valence electrons. The van der Waals surface area contributed by atoms with E-state index in [-0.39, 0.29) is 18.1 Å². The Hall–Kier alpha value is -3.60. The summed E-state index contributed by atoms with van der Waals surface area (Å²) in [4.78, 5) is 23.6. The molecule has 2 aliphatic rings. The SMILES string of the molecule is COC[C@H]1C[C@@H](c2nc3c(ccc4cc5c(cc43)OCc3cc([B]OC(C)(C)C(C)(C)O)ccc3-5)[nH]2)N(C(=O)OC(C)(C)C)C1. The van der Waals surface area contributed by atoms with Crippen LogP contribution >= 0.6 is 0 Å². The van der Waals surface area contributed by atoms with Gasteiger partial charge in [-0.05, 0) is 89.6 Å². The lowest BCUT2D eigenvalue weighted by Crippen LogP contribution is -2.49. The molecule has 1 aromatic heterocycles. The number of aliphatic hydroxyl groups is 1. The summed E-state index contributed by atoms with van der Waals surface area (Å²) in [5.74, 6) is 1.74. The molecule has 0 spiro atoms. The van der Waals surface area contributed by atoms with Crippen LogP contribution in [-0.2, 0) is 20.7 Å². The van der Waals surface area contributed by atoms with Gasteiger partial charge in [-0.2, -0.15) is 0 Å². The molecule has 2 atom stereocenters. The number of hydrogen-bond acceptors (Lipinski definition) is 7. The number of hydrogen-bond donors (Lipinski definition) is 2. The number of amides is 1. The van der Waals surface area contributed by atoms with E-state index in [1.807, 2.05) is 46.8 Å². The standard InChI is InChI=1S/C35H43BN3O6/c1-33(2,3)44-32(40)39-17-20(18-42-8)13-28(39)31-37-27-12-9-21-15-26-24-11-10-23(36-45-35(6,7)34(4,5)41)14-22(24)19-43-29(26)16-25(21)30(27)38-31/h9-12,14-16,20,28,41H,13,17-19H2,1-8H3,(H,37,38)/t20-,28-/m0/s1. The number of benzene rings is 3. The summed E-state index contributed by atoms with van der Waals surface area (Å²) < 4.78 is 23.5. The Kier molecular flexibility index (Phi) is 7.91. The topological polar surface area (TPSA) is 106 Å². The summed E-state index contributed by atoms with van der Waals surface area (Å²) in [5.41, 5.74) is 3.52. The molecule has 9 nitrogen and oxygen atoms in total. The number of likely N-dealkylation sites (tertiary alicyclic amines) is 1. The van der Waals surface area contributed by atoms with E-state index < -0.39 is 16.8 Å². The molecule has 3 aromatic carbocycles. The third-order valence-electron chi connectivity index (χ3n) is 9.09. The molecule has 6 rings (SSSR count). The molecule has 45 heavy (non-hydrogen) atoms. The zero-order valence-electron chi connectivity index (χ0n) is 27.5. The van der Waals surface area contributed by atoms with Crippen molar-refractivity contribution in [3.8, 4) is 16.9 Å². The molecule has 0 saturated carbocycles. The molecule has 1 saturated heterocycles. The van der Waals surface area contributed by atoms with Crippen LogP contribution in [0.3, 0.4) is 0 Å². The van der Waals surface area contributed by atoms with Gasteiger partial charge in [-0.25, -0.2) is 9.78 Å². The van der Waals surface area contributed by atoms with Crippen molar-refractivity contribution < 1.29 is 28.8 Å². The zero-order valence-corrected chi connectivity index (χ0v) is 27.5. The maximum Gasteiger partial charge on any atom is 0.410 e. The fraction of sp³-hybridized carbons (Fsp3) is 0.486. The second-order valence-electron chi connectivity index (χ2n) is 14.4. The van der Waals surface area contributed by atoms with E-state index in [0.717, 1.165) is 62.0 Å². The number of H-pyrrole nitrogens is 1. The Labute approximate surface area is 265 Å². The minimum atomic E-state index is -0.998. The lowest BCUT2D eigenvalue weighted by atomic mass is 9.80. The highest BCUT2D eigenvalue weighted by Crippen LogP contribution is 2.42. The Balaban J connectivity index is 1.31. The highest BCUT2D eigenvalue weighted by molar-refractivity contribution is 6.47. The Morgan fingerprint density at radius 1 is 1.09 bits per heavy atom. The number of methoxy groups -OCH3 is 1. The monoisotopic (exact) mass is 612 g/mol. The van der Waals surface area contributed by atoms with E-state index in [2.05, 4.69) is 35.3 Å². The summed E-state index contributed by atoms with van der Waals surface area (Å²) >= 11 is 0. The first kappa shape index (κ1) is 31.4. The van der Waals surface area contributed by atoms with Crippen LogP contribution in [0.15, 0.2) is 42.5 Å². The van der Waals surface area contributed by atoms with Crippen molar-refractivity contribution in [2.45, 2.75) is 84.3 Å². The van der Waals surface area contributed by atoms with Crippen molar-refractivity contribution in [1.82, 2.24) is 14.9 Å². The molecule has 0 bridgehead atoms. The number of aromatic amines is 1. The van der Waals surface area contributed by atoms with Gasteiger partial charge in [0.05, 0.1) is 34.9 Å². The summed E-state index contributed by atoms with van der Waals surface area (Å²) in [6.45, 7) is 14.4. The molecule has 10 heteroatoms. The van der Waals surface area contributed by atoms with Crippen molar-refractivity contribution in [3.05, 3.63) is 53.9 Å². The van der Waals surface area contributed by atoms with Gasteiger partial charge in [-0.1, -0.05) is 29.7 Å². The van der Waals surface area contributed by atoms with E-state index in [0.29, 0.717) is 19.8 Å². The Bertz CT molecular complexity index is 1750. The predicted octanol–water partition coefficient (Wildman–Crippen LogP) is 6.03. The number of ether oxygens (including phenoxy) is 3. The summed E-state index contributed by atoms with van der Waals surface area (Å²) in [7, 11) is 3.39. The molecule has 2 N–H and O–H groups in total. The minimum absolute atomic E-state index is 0.190. The highest BCUT2D eigenvalue weighted by Gasteiger charge is 2.40. The average Bonchev–Trinajstić information content (AvgIpc) is 3.58. The molecule has 0 unspecified atom stereocenters. The van der Waals surface area contributed by atoms with Gasteiger partial charge in [0, 0.05) is 30.5 Å². The van der Waals surface area contributed by atoms with E-state index in [9.17, 15) is 9.90 Å². The van der Waals surface area contributed by atoms with Gasteiger partial charge in [-0.15, -0.1) is 0 Å². The molecular weight excluding hydrogens is 569 g/mol. The Morgan fingerprint density at radius 3 is 2.58 bits per heavy atom. The number of rotatable bonds is 7. The van der Waals surface area contributed by atoms with Crippen LogP contribution in [0.1, 0.15) is 72.3 Å². The van der Waals surface area contributed by atoms with Crippen molar-refractivity contribution >= 4 is 40.8 Å². The summed E-state index contributed by atoms with van der Waals surface area (Å²) in [5, 5.41) is 12.5. The van der Waals surface area contributed by atoms with Crippen molar-refractivity contribution in [1.29, 1.82) is 0 Å². The first-order valence-corrected chi connectivity index (χ1v) is 15.6. The van der Waals surface area contributed by atoms with Gasteiger partial charge < -0.3 is 29.0 Å². The molecule has 4 aromatic rings. The van der Waals surface area contributed by atoms with Crippen LogP contribution in [0.2, 0.25) is 0 Å². The number of aromatic nitrogens is 2. The minimum Gasteiger partial charge on any atom is -0.488 e. The second kappa shape index (κ2) is 11.3. The van der Waals surface area contributed by atoms with E-state index in [4.69, 9.17) is 23.8 Å². The number of nitrogens with zero attached hydrogens (tertiary/aromatic N) is 2. The lowest BCUT2D eigenvalue weighted by Gasteiger charge is -2.37. The van der Waals surface area contributed by atoms with E-state index in [1.54, 1.807) is 33.3 Å².